The first kappa shape index (κ1) is 17.5. The number of hydrogen-bond donors (Lipinski definition) is 1. The molecule has 134 valence electrons. The molecule has 1 aliphatic rings. The predicted octanol–water partition coefficient (Wildman–Crippen LogP) is 2.57. The highest BCUT2D eigenvalue weighted by Crippen LogP contribution is 2.28. The van der Waals surface area contributed by atoms with Gasteiger partial charge < -0.3 is 10.2 Å². The van der Waals surface area contributed by atoms with Crippen LogP contribution in [-0.2, 0) is 6.18 Å². The maximum Gasteiger partial charge on any atom is 0.435 e. The van der Waals surface area contributed by atoms with Crippen LogP contribution in [0.25, 0.3) is 5.69 Å². The minimum absolute atomic E-state index is 0.108. The molecule has 1 fully saturated rings. The number of benzene rings is 1. The molecule has 1 aromatic carbocycles. The Morgan fingerprint density at radius 1 is 1.36 bits per heavy atom. The molecule has 0 spiro atoms. The Bertz CT molecular complexity index is 756. The van der Waals surface area contributed by atoms with E-state index >= 15 is 0 Å². The number of nitrogens with zero attached hydrogens (tertiary/aromatic N) is 3. The minimum atomic E-state index is -4.49. The molecule has 0 aliphatic carbocycles. The van der Waals surface area contributed by atoms with Gasteiger partial charge in [-0.1, -0.05) is 6.07 Å². The standard InChI is InChI=1S/C17H19F3N4O/c1-21-10-12-5-7-23(11-12)16(25)13-3-2-4-14(9-13)24-8-6-15(22-24)17(18,19)20/h2-4,6,8-9,12,21H,5,7,10-11H2,1H3. The summed E-state index contributed by atoms with van der Waals surface area (Å²) in [7, 11) is 1.88. The molecule has 1 saturated heterocycles. The third-order valence-electron chi connectivity index (χ3n) is 4.30. The van der Waals surface area contributed by atoms with Crippen LogP contribution in [0.4, 0.5) is 13.2 Å². The second kappa shape index (κ2) is 6.87. The normalized spacial score (nSPS) is 17.9. The number of nitrogens with one attached hydrogen (secondary N) is 1. The highest BCUT2D eigenvalue weighted by Gasteiger charge is 2.33. The Morgan fingerprint density at radius 2 is 2.16 bits per heavy atom. The number of halogens is 3. The molecule has 8 heteroatoms. The molecule has 1 atom stereocenters. The first-order valence-electron chi connectivity index (χ1n) is 8.05. The van der Waals surface area contributed by atoms with E-state index in [0.717, 1.165) is 23.7 Å². The molecule has 1 aliphatic heterocycles. The Kier molecular flexibility index (Phi) is 4.80. The van der Waals surface area contributed by atoms with Crippen molar-refractivity contribution in [1.82, 2.24) is 20.0 Å². The fourth-order valence-corrected chi connectivity index (χ4v) is 3.06. The van der Waals surface area contributed by atoms with E-state index in [2.05, 4.69) is 10.4 Å². The SMILES string of the molecule is CNCC1CCN(C(=O)c2cccc(-n3ccc(C(F)(F)F)n3)c2)C1. The molecule has 5 nitrogen and oxygen atoms in total. The van der Waals surface area contributed by atoms with Crippen molar-refractivity contribution in [2.75, 3.05) is 26.7 Å². The van der Waals surface area contributed by atoms with Gasteiger partial charge in [0.15, 0.2) is 5.69 Å². The van der Waals surface area contributed by atoms with E-state index in [-0.39, 0.29) is 5.91 Å². The van der Waals surface area contributed by atoms with Gasteiger partial charge in [-0.05, 0) is 50.2 Å². The molecular weight excluding hydrogens is 333 g/mol. The summed E-state index contributed by atoms with van der Waals surface area (Å²) in [6.45, 7) is 2.23. The fraction of sp³-hybridized carbons (Fsp3) is 0.412. The molecule has 1 amide bonds. The Labute approximate surface area is 143 Å². The van der Waals surface area contributed by atoms with E-state index in [4.69, 9.17) is 0 Å². The molecule has 0 saturated carbocycles. The number of carbonyl (C=O) groups excluding carboxylic acids is 1. The highest BCUT2D eigenvalue weighted by atomic mass is 19.4. The van der Waals surface area contributed by atoms with Crippen LogP contribution in [0.15, 0.2) is 36.5 Å². The van der Waals surface area contributed by atoms with Gasteiger partial charge in [-0.2, -0.15) is 18.3 Å². The van der Waals surface area contributed by atoms with Gasteiger partial charge in [0.25, 0.3) is 5.91 Å². The van der Waals surface area contributed by atoms with Crippen molar-refractivity contribution in [2.24, 2.45) is 5.92 Å². The zero-order valence-electron chi connectivity index (χ0n) is 13.8. The van der Waals surface area contributed by atoms with Crippen LogP contribution < -0.4 is 5.32 Å². The van der Waals surface area contributed by atoms with Crippen LogP contribution in [-0.4, -0.2) is 47.3 Å². The second-order valence-electron chi connectivity index (χ2n) is 6.16. The zero-order chi connectivity index (χ0) is 18.0. The van der Waals surface area contributed by atoms with Gasteiger partial charge in [0.2, 0.25) is 0 Å². The second-order valence-corrected chi connectivity index (χ2v) is 6.16. The Balaban J connectivity index is 1.78. The molecule has 2 heterocycles. The van der Waals surface area contributed by atoms with Crippen molar-refractivity contribution in [3.63, 3.8) is 0 Å². The molecule has 2 aromatic rings. The lowest BCUT2D eigenvalue weighted by Gasteiger charge is -2.17. The number of aromatic nitrogens is 2. The zero-order valence-corrected chi connectivity index (χ0v) is 13.8. The largest absolute Gasteiger partial charge is 0.435 e. The molecule has 1 unspecified atom stereocenters. The van der Waals surface area contributed by atoms with Gasteiger partial charge in [-0.15, -0.1) is 0 Å². The number of likely N-dealkylation sites (tertiary alicyclic amines) is 1. The van der Waals surface area contributed by atoms with Crippen LogP contribution in [0.1, 0.15) is 22.5 Å². The van der Waals surface area contributed by atoms with Crippen LogP contribution >= 0.6 is 0 Å². The number of rotatable bonds is 4. The number of carbonyl (C=O) groups is 1. The maximum absolute atomic E-state index is 12.7. The summed E-state index contributed by atoms with van der Waals surface area (Å²) in [6, 6.07) is 7.43. The summed E-state index contributed by atoms with van der Waals surface area (Å²) in [4.78, 5) is 14.4. The highest BCUT2D eigenvalue weighted by molar-refractivity contribution is 5.95. The first-order valence-corrected chi connectivity index (χ1v) is 8.05. The summed E-state index contributed by atoms with van der Waals surface area (Å²) >= 11 is 0. The van der Waals surface area contributed by atoms with Crippen LogP contribution in [0.3, 0.4) is 0 Å². The van der Waals surface area contributed by atoms with E-state index < -0.39 is 11.9 Å². The predicted molar refractivity (Wildman–Crippen MR) is 86.5 cm³/mol. The maximum atomic E-state index is 12.7. The smallest absolute Gasteiger partial charge is 0.338 e. The molecule has 1 aromatic heterocycles. The number of alkyl halides is 3. The topological polar surface area (TPSA) is 50.2 Å². The van der Waals surface area contributed by atoms with E-state index in [0.29, 0.717) is 30.3 Å². The van der Waals surface area contributed by atoms with Gasteiger partial charge in [0.05, 0.1) is 5.69 Å². The quantitative estimate of drug-likeness (QED) is 0.920. The van der Waals surface area contributed by atoms with Crippen molar-refractivity contribution >= 4 is 5.91 Å². The van der Waals surface area contributed by atoms with E-state index in [1.165, 1.54) is 6.20 Å². The number of hydrogen-bond acceptors (Lipinski definition) is 3. The van der Waals surface area contributed by atoms with E-state index in [1.54, 1.807) is 29.2 Å². The summed E-state index contributed by atoms with van der Waals surface area (Å²) in [5.41, 5.74) is -0.0855. The Morgan fingerprint density at radius 3 is 2.84 bits per heavy atom. The van der Waals surface area contributed by atoms with Crippen LogP contribution in [0, 0.1) is 5.92 Å². The summed E-state index contributed by atoms with van der Waals surface area (Å²) in [5.74, 6) is 0.321. The monoisotopic (exact) mass is 352 g/mol. The third kappa shape index (κ3) is 3.84. The third-order valence-corrected chi connectivity index (χ3v) is 4.30. The molecule has 25 heavy (non-hydrogen) atoms. The van der Waals surface area contributed by atoms with Gasteiger partial charge >= 0.3 is 6.18 Å². The van der Waals surface area contributed by atoms with Crippen molar-refractivity contribution in [1.29, 1.82) is 0 Å². The van der Waals surface area contributed by atoms with Crippen LogP contribution in [0.2, 0.25) is 0 Å². The molecule has 0 radical (unpaired) electrons. The molecule has 1 N–H and O–H groups in total. The summed E-state index contributed by atoms with van der Waals surface area (Å²) in [5, 5.41) is 6.66. The van der Waals surface area contributed by atoms with Crippen molar-refractivity contribution in [3.05, 3.63) is 47.8 Å². The minimum Gasteiger partial charge on any atom is -0.338 e. The Hall–Kier alpha value is -2.35. The number of amides is 1. The average Bonchev–Trinajstić information content (AvgIpc) is 3.24. The van der Waals surface area contributed by atoms with Gasteiger partial charge in [-0.25, -0.2) is 4.68 Å². The summed E-state index contributed by atoms with van der Waals surface area (Å²) in [6.07, 6.45) is -2.30. The van der Waals surface area contributed by atoms with Crippen LogP contribution in [0.5, 0.6) is 0 Å². The summed E-state index contributed by atoms with van der Waals surface area (Å²) < 4.78 is 39.2. The lowest BCUT2D eigenvalue weighted by molar-refractivity contribution is -0.141. The molecular formula is C17H19F3N4O. The lowest BCUT2D eigenvalue weighted by Crippen LogP contribution is -2.30. The van der Waals surface area contributed by atoms with Gasteiger partial charge in [0.1, 0.15) is 0 Å². The molecule has 3 rings (SSSR count). The van der Waals surface area contributed by atoms with E-state index in [1.807, 2.05) is 7.05 Å². The average molecular weight is 352 g/mol. The lowest BCUT2D eigenvalue weighted by atomic mass is 10.1. The first-order chi connectivity index (χ1) is 11.9. The van der Waals surface area contributed by atoms with Gasteiger partial charge in [0, 0.05) is 24.8 Å². The van der Waals surface area contributed by atoms with Crippen molar-refractivity contribution < 1.29 is 18.0 Å². The van der Waals surface area contributed by atoms with E-state index in [9.17, 15) is 18.0 Å². The van der Waals surface area contributed by atoms with Gasteiger partial charge in [-0.3, -0.25) is 4.79 Å². The van der Waals surface area contributed by atoms with Crippen molar-refractivity contribution in [3.8, 4) is 5.69 Å². The van der Waals surface area contributed by atoms with Crippen molar-refractivity contribution in [2.45, 2.75) is 12.6 Å². The molecule has 0 bridgehead atoms. The fourth-order valence-electron chi connectivity index (χ4n) is 3.06.